The molecule has 0 heterocycles. The lowest BCUT2D eigenvalue weighted by molar-refractivity contribution is 0.0950. The number of hydrogen-bond donors (Lipinski definition) is 2. The SMILES string of the molecule is COc1ccc(C(=O)NCCCO)cc1F. The first-order chi connectivity index (χ1) is 7.69. The number of amides is 1. The molecule has 0 unspecified atom stereocenters. The van der Waals surface area contributed by atoms with Crippen molar-refractivity contribution < 1.29 is 19.0 Å². The van der Waals surface area contributed by atoms with E-state index < -0.39 is 5.82 Å². The molecule has 1 aromatic rings. The van der Waals surface area contributed by atoms with Gasteiger partial charge in [0.1, 0.15) is 0 Å². The summed E-state index contributed by atoms with van der Waals surface area (Å²) < 4.78 is 18.0. The first-order valence-corrected chi connectivity index (χ1v) is 4.91. The number of carbonyl (C=O) groups is 1. The lowest BCUT2D eigenvalue weighted by atomic mass is 10.2. The van der Waals surface area contributed by atoms with E-state index in [1.807, 2.05) is 0 Å². The monoisotopic (exact) mass is 227 g/mol. The molecule has 0 fully saturated rings. The van der Waals surface area contributed by atoms with E-state index in [0.29, 0.717) is 13.0 Å². The maximum absolute atomic E-state index is 13.3. The predicted octanol–water partition coefficient (Wildman–Crippen LogP) is 0.946. The summed E-state index contributed by atoms with van der Waals surface area (Å²) in [5.41, 5.74) is 0.233. The van der Waals surface area contributed by atoms with Crippen molar-refractivity contribution in [1.29, 1.82) is 0 Å². The number of ether oxygens (including phenoxy) is 1. The predicted molar refractivity (Wildman–Crippen MR) is 57.0 cm³/mol. The zero-order valence-corrected chi connectivity index (χ0v) is 9.00. The molecular formula is C11H14FNO3. The Morgan fingerprint density at radius 2 is 2.31 bits per heavy atom. The van der Waals surface area contributed by atoms with Gasteiger partial charge in [-0.2, -0.15) is 0 Å². The van der Waals surface area contributed by atoms with E-state index in [4.69, 9.17) is 9.84 Å². The van der Waals surface area contributed by atoms with Gasteiger partial charge in [-0.3, -0.25) is 4.79 Å². The minimum atomic E-state index is -0.572. The van der Waals surface area contributed by atoms with Crippen molar-refractivity contribution in [2.45, 2.75) is 6.42 Å². The van der Waals surface area contributed by atoms with Gasteiger partial charge < -0.3 is 15.2 Å². The molecule has 0 radical (unpaired) electrons. The molecule has 5 heteroatoms. The number of aliphatic hydroxyl groups is 1. The maximum atomic E-state index is 13.3. The molecule has 0 aliphatic carbocycles. The lowest BCUT2D eigenvalue weighted by Crippen LogP contribution is -2.25. The average molecular weight is 227 g/mol. The fraction of sp³-hybridized carbons (Fsp3) is 0.364. The largest absolute Gasteiger partial charge is 0.494 e. The molecule has 0 aliphatic rings. The molecule has 0 atom stereocenters. The normalized spacial score (nSPS) is 9.94. The Bertz CT molecular complexity index is 368. The average Bonchev–Trinajstić information content (AvgIpc) is 2.29. The summed E-state index contributed by atoms with van der Waals surface area (Å²) in [6.07, 6.45) is 0.477. The molecule has 0 saturated carbocycles. The summed E-state index contributed by atoms with van der Waals surface area (Å²) in [6, 6.07) is 4.00. The number of aliphatic hydroxyl groups excluding tert-OH is 1. The summed E-state index contributed by atoms with van der Waals surface area (Å²) in [7, 11) is 1.36. The van der Waals surface area contributed by atoms with Gasteiger partial charge in [-0.05, 0) is 24.6 Å². The van der Waals surface area contributed by atoms with Crippen LogP contribution in [0.3, 0.4) is 0 Å². The van der Waals surface area contributed by atoms with E-state index in [1.54, 1.807) is 0 Å². The molecule has 16 heavy (non-hydrogen) atoms. The minimum Gasteiger partial charge on any atom is -0.494 e. The number of nitrogens with one attached hydrogen (secondary N) is 1. The molecule has 0 aromatic heterocycles. The molecular weight excluding hydrogens is 213 g/mol. The fourth-order valence-electron chi connectivity index (χ4n) is 1.19. The number of halogens is 1. The minimum absolute atomic E-state index is 0.0112. The Morgan fingerprint density at radius 1 is 1.56 bits per heavy atom. The van der Waals surface area contributed by atoms with E-state index >= 15 is 0 Å². The Balaban J connectivity index is 2.66. The molecule has 1 amide bonds. The van der Waals surface area contributed by atoms with Gasteiger partial charge in [0.2, 0.25) is 0 Å². The molecule has 4 nitrogen and oxygen atoms in total. The third-order valence-electron chi connectivity index (χ3n) is 2.03. The van der Waals surface area contributed by atoms with Gasteiger partial charge in [0.25, 0.3) is 5.91 Å². The van der Waals surface area contributed by atoms with Crippen LogP contribution in [0, 0.1) is 5.82 Å². The number of rotatable bonds is 5. The first-order valence-electron chi connectivity index (χ1n) is 4.91. The number of carbonyl (C=O) groups excluding carboxylic acids is 1. The highest BCUT2D eigenvalue weighted by Crippen LogP contribution is 2.17. The fourth-order valence-corrected chi connectivity index (χ4v) is 1.19. The van der Waals surface area contributed by atoms with Gasteiger partial charge in [0.15, 0.2) is 11.6 Å². The highest BCUT2D eigenvalue weighted by Gasteiger charge is 2.09. The van der Waals surface area contributed by atoms with Crippen molar-refractivity contribution >= 4 is 5.91 Å². The highest BCUT2D eigenvalue weighted by atomic mass is 19.1. The van der Waals surface area contributed by atoms with Gasteiger partial charge in [-0.15, -0.1) is 0 Å². The topological polar surface area (TPSA) is 58.6 Å². The molecule has 1 rings (SSSR count). The molecule has 0 saturated heterocycles. The maximum Gasteiger partial charge on any atom is 0.251 e. The van der Waals surface area contributed by atoms with E-state index in [0.717, 1.165) is 6.07 Å². The van der Waals surface area contributed by atoms with Crippen LogP contribution in [0.1, 0.15) is 16.8 Å². The number of benzene rings is 1. The summed E-state index contributed by atoms with van der Waals surface area (Å²) in [5, 5.41) is 11.1. The zero-order valence-electron chi connectivity index (χ0n) is 9.00. The van der Waals surface area contributed by atoms with Crippen LogP contribution in [-0.2, 0) is 0 Å². The van der Waals surface area contributed by atoms with Gasteiger partial charge >= 0.3 is 0 Å². The highest BCUT2D eigenvalue weighted by molar-refractivity contribution is 5.94. The van der Waals surface area contributed by atoms with Crippen molar-refractivity contribution in [1.82, 2.24) is 5.32 Å². The second kappa shape index (κ2) is 6.07. The molecule has 0 bridgehead atoms. The van der Waals surface area contributed by atoms with Gasteiger partial charge in [0.05, 0.1) is 7.11 Å². The standard InChI is InChI=1S/C11H14FNO3/c1-16-10-4-3-8(7-9(10)12)11(15)13-5-2-6-14/h3-4,7,14H,2,5-6H2,1H3,(H,13,15). The Hall–Kier alpha value is -1.62. The first kappa shape index (κ1) is 12.4. The van der Waals surface area contributed by atoms with Crippen molar-refractivity contribution in [2.24, 2.45) is 0 Å². The summed E-state index contributed by atoms with van der Waals surface area (Å²) >= 11 is 0. The van der Waals surface area contributed by atoms with Crippen LogP contribution >= 0.6 is 0 Å². The van der Waals surface area contributed by atoms with Gasteiger partial charge in [-0.25, -0.2) is 4.39 Å². The third-order valence-corrected chi connectivity index (χ3v) is 2.03. The van der Waals surface area contributed by atoms with Crippen LogP contribution in [-0.4, -0.2) is 31.3 Å². The van der Waals surface area contributed by atoms with E-state index in [9.17, 15) is 9.18 Å². The zero-order chi connectivity index (χ0) is 12.0. The summed E-state index contributed by atoms with van der Waals surface area (Å²) in [5.74, 6) is -0.834. The van der Waals surface area contributed by atoms with Crippen LogP contribution in [0.2, 0.25) is 0 Å². The number of methoxy groups -OCH3 is 1. The van der Waals surface area contributed by atoms with Gasteiger partial charge in [0, 0.05) is 18.7 Å². The Labute approximate surface area is 93.0 Å². The van der Waals surface area contributed by atoms with Crippen LogP contribution in [0.4, 0.5) is 4.39 Å². The van der Waals surface area contributed by atoms with Crippen molar-refractivity contribution in [2.75, 3.05) is 20.3 Å². The van der Waals surface area contributed by atoms with Crippen LogP contribution < -0.4 is 10.1 Å². The Morgan fingerprint density at radius 3 is 2.88 bits per heavy atom. The molecule has 0 aliphatic heterocycles. The van der Waals surface area contributed by atoms with E-state index in [-0.39, 0.29) is 23.8 Å². The number of hydrogen-bond acceptors (Lipinski definition) is 3. The van der Waals surface area contributed by atoms with E-state index in [1.165, 1.54) is 19.2 Å². The summed E-state index contributed by atoms with van der Waals surface area (Å²) in [4.78, 5) is 11.5. The van der Waals surface area contributed by atoms with Crippen LogP contribution in [0.5, 0.6) is 5.75 Å². The van der Waals surface area contributed by atoms with E-state index in [2.05, 4.69) is 5.32 Å². The van der Waals surface area contributed by atoms with Crippen LogP contribution in [0.25, 0.3) is 0 Å². The Kier molecular flexibility index (Phi) is 4.72. The third kappa shape index (κ3) is 3.20. The quantitative estimate of drug-likeness (QED) is 0.736. The van der Waals surface area contributed by atoms with Crippen molar-refractivity contribution in [3.63, 3.8) is 0 Å². The molecule has 1 aromatic carbocycles. The molecule has 0 spiro atoms. The lowest BCUT2D eigenvalue weighted by Gasteiger charge is -2.06. The second-order valence-corrected chi connectivity index (χ2v) is 3.18. The smallest absolute Gasteiger partial charge is 0.251 e. The van der Waals surface area contributed by atoms with Crippen molar-refractivity contribution in [3.8, 4) is 5.75 Å². The van der Waals surface area contributed by atoms with Gasteiger partial charge in [-0.1, -0.05) is 0 Å². The molecule has 88 valence electrons. The summed E-state index contributed by atoms with van der Waals surface area (Å²) in [6.45, 7) is 0.375. The van der Waals surface area contributed by atoms with Crippen molar-refractivity contribution in [3.05, 3.63) is 29.6 Å². The molecule has 2 N–H and O–H groups in total. The second-order valence-electron chi connectivity index (χ2n) is 3.18. The van der Waals surface area contributed by atoms with Crippen LogP contribution in [0.15, 0.2) is 18.2 Å².